The summed E-state index contributed by atoms with van der Waals surface area (Å²) in [5.74, 6) is -0.548. The zero-order valence-electron chi connectivity index (χ0n) is 23.9. The molecule has 0 radical (unpaired) electrons. The average molecular weight is 653 g/mol. The van der Waals surface area contributed by atoms with Crippen LogP contribution in [-0.2, 0) is 32.6 Å². The molecule has 7 nitrogen and oxygen atoms in total. The molecule has 2 amide bonds. The third-order valence-corrected chi connectivity index (χ3v) is 8.81. The zero-order valence-corrected chi connectivity index (χ0v) is 27.0. The first kappa shape index (κ1) is 33.7. The van der Waals surface area contributed by atoms with Crippen LogP contribution in [0.25, 0.3) is 0 Å². The van der Waals surface area contributed by atoms with E-state index in [1.54, 1.807) is 29.2 Å². The van der Waals surface area contributed by atoms with Gasteiger partial charge in [0, 0.05) is 42.0 Å². The van der Waals surface area contributed by atoms with Crippen molar-refractivity contribution < 1.29 is 18.0 Å². The average Bonchev–Trinajstić information content (AvgIpc) is 2.94. The Balaban J connectivity index is 1.91. The van der Waals surface area contributed by atoms with E-state index in [0.717, 1.165) is 28.1 Å². The van der Waals surface area contributed by atoms with E-state index in [9.17, 15) is 18.0 Å². The molecule has 0 heterocycles. The maximum atomic E-state index is 13.9. The molecule has 3 aromatic rings. The van der Waals surface area contributed by atoms with Crippen molar-refractivity contribution in [1.29, 1.82) is 0 Å². The van der Waals surface area contributed by atoms with Gasteiger partial charge in [0.05, 0.1) is 17.0 Å². The molecule has 0 saturated heterocycles. The highest BCUT2D eigenvalue weighted by Crippen LogP contribution is 2.31. The van der Waals surface area contributed by atoms with Gasteiger partial charge in [-0.25, -0.2) is 8.42 Å². The van der Waals surface area contributed by atoms with Crippen molar-refractivity contribution in [3.63, 3.8) is 0 Å². The van der Waals surface area contributed by atoms with E-state index in [1.807, 2.05) is 50.2 Å². The lowest BCUT2D eigenvalue weighted by Gasteiger charge is -2.33. The predicted octanol–water partition coefficient (Wildman–Crippen LogP) is 6.75. The third-order valence-electron chi connectivity index (χ3n) is 6.84. The normalized spacial score (nSPS) is 12.8. The number of anilines is 1. The molecule has 0 bridgehead atoms. The highest BCUT2D eigenvalue weighted by Gasteiger charge is 2.31. The molecule has 1 N–H and O–H groups in total. The predicted molar refractivity (Wildman–Crippen MR) is 172 cm³/mol. The van der Waals surface area contributed by atoms with Crippen molar-refractivity contribution >= 4 is 62.3 Å². The number of carbonyl (C=O) groups excluding carboxylic acids is 2. The lowest BCUT2D eigenvalue weighted by molar-refractivity contribution is -0.141. The van der Waals surface area contributed by atoms with E-state index in [1.165, 1.54) is 12.1 Å². The van der Waals surface area contributed by atoms with Crippen molar-refractivity contribution in [2.75, 3.05) is 17.1 Å². The van der Waals surface area contributed by atoms with Crippen LogP contribution in [0.3, 0.4) is 0 Å². The molecular weight excluding hydrogens is 617 g/mol. The number of rotatable bonds is 14. The fraction of sp³-hybridized carbons (Fsp3) is 0.355. The lowest BCUT2D eigenvalue weighted by atomic mass is 10.0. The van der Waals surface area contributed by atoms with Crippen LogP contribution in [0.15, 0.2) is 72.8 Å². The highest BCUT2D eigenvalue weighted by molar-refractivity contribution is 7.92. The summed E-state index contributed by atoms with van der Waals surface area (Å²) in [6.07, 6.45) is 2.30. The zero-order chi connectivity index (χ0) is 30.9. The number of hydrogen-bond donors (Lipinski definition) is 1. The number of nitrogens with zero attached hydrogens (tertiary/aromatic N) is 2. The molecule has 0 aliphatic rings. The van der Waals surface area contributed by atoms with Crippen molar-refractivity contribution in [3.05, 3.63) is 99.0 Å². The second kappa shape index (κ2) is 15.6. The largest absolute Gasteiger partial charge is 0.352 e. The molecule has 0 fully saturated rings. The van der Waals surface area contributed by atoms with E-state index in [-0.39, 0.29) is 54.5 Å². The summed E-state index contributed by atoms with van der Waals surface area (Å²) in [6.45, 7) is 4.05. The quantitative estimate of drug-likeness (QED) is 0.209. The molecule has 11 heteroatoms. The Morgan fingerprint density at radius 2 is 1.57 bits per heavy atom. The minimum absolute atomic E-state index is 0.00193. The maximum absolute atomic E-state index is 13.9. The van der Waals surface area contributed by atoms with Gasteiger partial charge in [-0.1, -0.05) is 84.2 Å². The van der Waals surface area contributed by atoms with E-state index in [4.69, 9.17) is 34.8 Å². The Labute approximate surface area is 263 Å². The number of benzene rings is 3. The number of nitrogens with one attached hydrogen (secondary N) is 1. The molecule has 3 rings (SSSR count). The summed E-state index contributed by atoms with van der Waals surface area (Å²) in [7, 11) is -3.73. The molecule has 0 aliphatic carbocycles. The SMILES string of the molecule is CCC(C)NC(=O)C(Cc1ccccc1)N(Cc1cccc(Cl)c1)C(=O)CCCN(c1cc(Cl)ccc1Cl)S(C)(=O)=O. The topological polar surface area (TPSA) is 86.8 Å². The lowest BCUT2D eigenvalue weighted by Crippen LogP contribution is -2.52. The Hall–Kier alpha value is -2.78. The van der Waals surface area contributed by atoms with Crippen molar-refractivity contribution in [2.24, 2.45) is 0 Å². The number of halogens is 3. The van der Waals surface area contributed by atoms with Gasteiger partial charge in [0.25, 0.3) is 0 Å². The van der Waals surface area contributed by atoms with Crippen LogP contribution >= 0.6 is 34.8 Å². The van der Waals surface area contributed by atoms with Crippen molar-refractivity contribution in [2.45, 2.75) is 58.2 Å². The van der Waals surface area contributed by atoms with Gasteiger partial charge in [0.15, 0.2) is 0 Å². The summed E-state index contributed by atoms with van der Waals surface area (Å²) in [6, 6.07) is 20.4. The van der Waals surface area contributed by atoms with Gasteiger partial charge in [-0.15, -0.1) is 0 Å². The third kappa shape index (κ3) is 9.90. The second-order valence-electron chi connectivity index (χ2n) is 10.2. The minimum atomic E-state index is -3.73. The molecule has 226 valence electrons. The van der Waals surface area contributed by atoms with Crippen LogP contribution in [0.5, 0.6) is 0 Å². The Kier molecular flexibility index (Phi) is 12.5. The van der Waals surface area contributed by atoms with Crippen molar-refractivity contribution in [3.8, 4) is 0 Å². The van der Waals surface area contributed by atoms with Gasteiger partial charge in [0.2, 0.25) is 21.8 Å². The van der Waals surface area contributed by atoms with Crippen LogP contribution in [0.4, 0.5) is 5.69 Å². The first-order valence-electron chi connectivity index (χ1n) is 13.7. The summed E-state index contributed by atoms with van der Waals surface area (Å²) in [5, 5.41) is 4.12. The van der Waals surface area contributed by atoms with Crippen LogP contribution < -0.4 is 9.62 Å². The molecule has 2 atom stereocenters. The van der Waals surface area contributed by atoms with Gasteiger partial charge in [-0.05, 0) is 61.2 Å². The summed E-state index contributed by atoms with van der Waals surface area (Å²) in [4.78, 5) is 29.1. The number of amides is 2. The molecule has 0 aromatic heterocycles. The number of hydrogen-bond acceptors (Lipinski definition) is 4. The first-order valence-corrected chi connectivity index (χ1v) is 16.7. The molecule has 3 aromatic carbocycles. The number of carbonyl (C=O) groups is 2. The van der Waals surface area contributed by atoms with E-state index < -0.39 is 16.1 Å². The van der Waals surface area contributed by atoms with Gasteiger partial charge in [-0.2, -0.15) is 0 Å². The maximum Gasteiger partial charge on any atom is 0.243 e. The summed E-state index contributed by atoms with van der Waals surface area (Å²) in [5.41, 5.74) is 1.92. The van der Waals surface area contributed by atoms with Gasteiger partial charge in [-0.3, -0.25) is 13.9 Å². The van der Waals surface area contributed by atoms with Crippen LogP contribution in [-0.4, -0.2) is 50.0 Å². The Bertz CT molecular complexity index is 1470. The summed E-state index contributed by atoms with van der Waals surface area (Å²) >= 11 is 18.7. The Morgan fingerprint density at radius 1 is 0.905 bits per heavy atom. The molecule has 42 heavy (non-hydrogen) atoms. The van der Waals surface area contributed by atoms with Crippen LogP contribution in [0, 0.1) is 0 Å². The smallest absolute Gasteiger partial charge is 0.243 e. The van der Waals surface area contributed by atoms with Gasteiger partial charge in [0.1, 0.15) is 6.04 Å². The minimum Gasteiger partial charge on any atom is -0.352 e. The van der Waals surface area contributed by atoms with E-state index >= 15 is 0 Å². The second-order valence-corrected chi connectivity index (χ2v) is 13.4. The highest BCUT2D eigenvalue weighted by atomic mass is 35.5. The van der Waals surface area contributed by atoms with Crippen molar-refractivity contribution in [1.82, 2.24) is 10.2 Å². The molecular formula is C31H36Cl3N3O4S. The summed E-state index contributed by atoms with van der Waals surface area (Å²) < 4.78 is 26.5. The van der Waals surface area contributed by atoms with E-state index in [0.29, 0.717) is 16.5 Å². The molecule has 2 unspecified atom stereocenters. The fourth-order valence-corrected chi connectivity index (χ4v) is 6.10. The monoisotopic (exact) mass is 651 g/mol. The molecule has 0 saturated carbocycles. The molecule has 0 aliphatic heterocycles. The molecule has 0 spiro atoms. The van der Waals surface area contributed by atoms with Crippen LogP contribution in [0.2, 0.25) is 15.1 Å². The van der Waals surface area contributed by atoms with Gasteiger partial charge < -0.3 is 10.2 Å². The first-order chi connectivity index (χ1) is 19.9. The fourth-order valence-electron chi connectivity index (χ4n) is 4.49. The Morgan fingerprint density at radius 3 is 2.21 bits per heavy atom. The van der Waals surface area contributed by atoms with Crippen LogP contribution in [0.1, 0.15) is 44.2 Å². The standard InChI is InChI=1S/C31H36Cl3N3O4S/c1-4-22(2)35-31(39)29(19-23-10-6-5-7-11-23)36(21-24-12-8-13-25(32)18-24)30(38)14-9-17-37(42(3,40)41)28-20-26(33)15-16-27(28)34/h5-8,10-13,15-16,18,20,22,29H,4,9,14,17,19,21H2,1-3H3,(H,35,39). The van der Waals surface area contributed by atoms with Gasteiger partial charge >= 0.3 is 0 Å². The number of sulfonamides is 1. The van der Waals surface area contributed by atoms with E-state index in [2.05, 4.69) is 5.32 Å².